The van der Waals surface area contributed by atoms with Crippen molar-refractivity contribution in [2.75, 3.05) is 0 Å². The van der Waals surface area contributed by atoms with Crippen molar-refractivity contribution in [3.63, 3.8) is 0 Å². The zero-order valence-corrected chi connectivity index (χ0v) is 5.15. The monoisotopic (exact) mass is 114 g/mol. The van der Waals surface area contributed by atoms with Crippen molar-refractivity contribution >= 4 is 0 Å². The maximum Gasteiger partial charge on any atom is 0.121 e. The third kappa shape index (κ3) is 1.09. The highest BCUT2D eigenvalue weighted by Crippen LogP contribution is 2.19. The van der Waals surface area contributed by atoms with Crippen LogP contribution >= 0.6 is 0 Å². The first kappa shape index (κ1) is 5.80. The minimum Gasteiger partial charge on any atom is -0.243 e. The van der Waals surface area contributed by atoms with E-state index in [2.05, 4.69) is 0 Å². The molecular formula is C7H11F. The van der Waals surface area contributed by atoms with E-state index in [-0.39, 0.29) is 0 Å². The SMILES string of the molecule is CC1=CCCCC1F. The van der Waals surface area contributed by atoms with Crippen molar-refractivity contribution in [1.29, 1.82) is 0 Å². The summed E-state index contributed by atoms with van der Waals surface area (Å²) in [4.78, 5) is 0. The summed E-state index contributed by atoms with van der Waals surface area (Å²) in [5.74, 6) is 0. The Morgan fingerprint density at radius 2 is 2.50 bits per heavy atom. The predicted octanol–water partition coefficient (Wildman–Crippen LogP) is 2.45. The molecule has 1 aliphatic rings. The second-order valence-corrected chi connectivity index (χ2v) is 2.35. The highest BCUT2D eigenvalue weighted by Gasteiger charge is 2.10. The van der Waals surface area contributed by atoms with Gasteiger partial charge in [-0.15, -0.1) is 0 Å². The fourth-order valence-corrected chi connectivity index (χ4v) is 0.982. The third-order valence-corrected chi connectivity index (χ3v) is 1.62. The van der Waals surface area contributed by atoms with Crippen molar-refractivity contribution < 1.29 is 4.39 Å². The van der Waals surface area contributed by atoms with E-state index in [0.29, 0.717) is 0 Å². The van der Waals surface area contributed by atoms with Gasteiger partial charge in [-0.05, 0) is 31.8 Å². The molecule has 0 bridgehead atoms. The molecule has 0 saturated heterocycles. The van der Waals surface area contributed by atoms with Gasteiger partial charge in [-0.25, -0.2) is 4.39 Å². The molecule has 0 saturated carbocycles. The molecule has 0 N–H and O–H groups in total. The third-order valence-electron chi connectivity index (χ3n) is 1.62. The van der Waals surface area contributed by atoms with E-state index in [1.165, 1.54) is 0 Å². The second kappa shape index (κ2) is 2.29. The molecule has 1 aliphatic carbocycles. The quantitative estimate of drug-likeness (QED) is 0.424. The molecule has 0 nitrogen and oxygen atoms in total. The van der Waals surface area contributed by atoms with Gasteiger partial charge in [0.1, 0.15) is 6.17 Å². The minimum atomic E-state index is -0.635. The molecule has 8 heavy (non-hydrogen) atoms. The van der Waals surface area contributed by atoms with E-state index >= 15 is 0 Å². The van der Waals surface area contributed by atoms with E-state index < -0.39 is 6.17 Å². The first-order valence-corrected chi connectivity index (χ1v) is 3.11. The van der Waals surface area contributed by atoms with Crippen LogP contribution in [0.4, 0.5) is 4.39 Å². The zero-order valence-electron chi connectivity index (χ0n) is 5.15. The molecule has 0 spiro atoms. The van der Waals surface area contributed by atoms with Gasteiger partial charge < -0.3 is 0 Å². The minimum absolute atomic E-state index is 0.635. The fourth-order valence-electron chi connectivity index (χ4n) is 0.982. The molecule has 0 amide bonds. The normalized spacial score (nSPS) is 29.8. The van der Waals surface area contributed by atoms with Gasteiger partial charge in [0.05, 0.1) is 0 Å². The molecule has 0 radical (unpaired) electrons. The molecule has 1 unspecified atom stereocenters. The van der Waals surface area contributed by atoms with E-state index in [4.69, 9.17) is 0 Å². The average Bonchev–Trinajstić information content (AvgIpc) is 1.77. The maximum absolute atomic E-state index is 12.5. The van der Waals surface area contributed by atoms with E-state index in [1.807, 2.05) is 13.0 Å². The van der Waals surface area contributed by atoms with Gasteiger partial charge in [0.15, 0.2) is 0 Å². The van der Waals surface area contributed by atoms with Gasteiger partial charge >= 0.3 is 0 Å². The number of rotatable bonds is 0. The van der Waals surface area contributed by atoms with E-state index in [1.54, 1.807) is 0 Å². The van der Waals surface area contributed by atoms with E-state index in [0.717, 1.165) is 24.8 Å². The van der Waals surface area contributed by atoms with Crippen LogP contribution in [0, 0.1) is 0 Å². The van der Waals surface area contributed by atoms with Crippen molar-refractivity contribution in [2.45, 2.75) is 32.4 Å². The molecule has 1 rings (SSSR count). The first-order valence-electron chi connectivity index (χ1n) is 3.11. The Bertz CT molecular complexity index is 105. The Balaban J connectivity index is 2.53. The number of alkyl halides is 1. The Morgan fingerprint density at radius 1 is 1.75 bits per heavy atom. The lowest BCUT2D eigenvalue weighted by Gasteiger charge is -2.12. The second-order valence-electron chi connectivity index (χ2n) is 2.35. The highest BCUT2D eigenvalue weighted by atomic mass is 19.1. The summed E-state index contributed by atoms with van der Waals surface area (Å²) >= 11 is 0. The largest absolute Gasteiger partial charge is 0.243 e. The summed E-state index contributed by atoms with van der Waals surface area (Å²) in [7, 11) is 0. The van der Waals surface area contributed by atoms with Crippen molar-refractivity contribution in [3.8, 4) is 0 Å². The average molecular weight is 114 g/mol. The van der Waals surface area contributed by atoms with Crippen LogP contribution in [-0.4, -0.2) is 6.17 Å². The lowest BCUT2D eigenvalue weighted by atomic mass is 9.99. The first-order chi connectivity index (χ1) is 3.80. The zero-order chi connectivity index (χ0) is 5.98. The number of halogens is 1. The molecule has 0 aromatic carbocycles. The van der Waals surface area contributed by atoms with Crippen LogP contribution < -0.4 is 0 Å². The number of hydrogen-bond acceptors (Lipinski definition) is 0. The molecule has 1 heteroatoms. The Morgan fingerprint density at radius 3 is 2.88 bits per heavy atom. The van der Waals surface area contributed by atoms with Gasteiger partial charge in [0, 0.05) is 0 Å². The molecule has 0 aromatic heterocycles. The lowest BCUT2D eigenvalue weighted by Crippen LogP contribution is -2.05. The molecule has 46 valence electrons. The fraction of sp³-hybridized carbons (Fsp3) is 0.714. The molecule has 0 aliphatic heterocycles. The number of allylic oxidation sites excluding steroid dienone is 2. The van der Waals surface area contributed by atoms with Crippen LogP contribution in [0.25, 0.3) is 0 Å². The highest BCUT2D eigenvalue weighted by molar-refractivity contribution is 5.07. The summed E-state index contributed by atoms with van der Waals surface area (Å²) < 4.78 is 12.5. The van der Waals surface area contributed by atoms with E-state index in [9.17, 15) is 4.39 Å². The number of hydrogen-bond donors (Lipinski definition) is 0. The van der Waals surface area contributed by atoms with Crippen LogP contribution in [0.1, 0.15) is 26.2 Å². The molecule has 0 heterocycles. The smallest absolute Gasteiger partial charge is 0.121 e. The molecular weight excluding hydrogens is 103 g/mol. The molecule has 1 atom stereocenters. The predicted molar refractivity (Wildman–Crippen MR) is 32.5 cm³/mol. The van der Waals surface area contributed by atoms with Crippen molar-refractivity contribution in [2.24, 2.45) is 0 Å². The van der Waals surface area contributed by atoms with Gasteiger partial charge in [-0.1, -0.05) is 6.08 Å². The summed E-state index contributed by atoms with van der Waals surface area (Å²) in [6.45, 7) is 1.86. The van der Waals surface area contributed by atoms with Crippen molar-refractivity contribution in [3.05, 3.63) is 11.6 Å². The Hall–Kier alpha value is -0.330. The standard InChI is InChI=1S/C7H11F/c1-6-4-2-3-5-7(6)8/h4,7H,2-3,5H2,1H3. The Kier molecular flexibility index (Phi) is 1.66. The van der Waals surface area contributed by atoms with Crippen LogP contribution in [-0.2, 0) is 0 Å². The van der Waals surface area contributed by atoms with Gasteiger partial charge in [-0.2, -0.15) is 0 Å². The van der Waals surface area contributed by atoms with Crippen LogP contribution in [0.3, 0.4) is 0 Å². The summed E-state index contributed by atoms with van der Waals surface area (Å²) in [5, 5.41) is 0. The maximum atomic E-state index is 12.5. The topological polar surface area (TPSA) is 0 Å². The van der Waals surface area contributed by atoms with Crippen molar-refractivity contribution in [1.82, 2.24) is 0 Å². The lowest BCUT2D eigenvalue weighted by molar-refractivity contribution is 0.342. The Labute approximate surface area is 49.4 Å². The van der Waals surface area contributed by atoms with Gasteiger partial charge in [-0.3, -0.25) is 0 Å². The molecule has 0 aromatic rings. The van der Waals surface area contributed by atoms with Gasteiger partial charge in [0.25, 0.3) is 0 Å². The van der Waals surface area contributed by atoms with Crippen LogP contribution in [0.5, 0.6) is 0 Å². The summed E-state index contributed by atoms with van der Waals surface area (Å²) in [5.41, 5.74) is 0.927. The van der Waals surface area contributed by atoms with Crippen LogP contribution in [0.2, 0.25) is 0 Å². The summed E-state index contributed by atoms with van der Waals surface area (Å²) in [6, 6.07) is 0. The summed E-state index contributed by atoms with van der Waals surface area (Å²) in [6.07, 6.45) is 4.20. The molecule has 0 fully saturated rings. The van der Waals surface area contributed by atoms with Crippen LogP contribution in [0.15, 0.2) is 11.6 Å². The van der Waals surface area contributed by atoms with Gasteiger partial charge in [0.2, 0.25) is 0 Å².